The lowest BCUT2D eigenvalue weighted by atomic mass is 10.0. The topological polar surface area (TPSA) is 96.3 Å². The van der Waals surface area contributed by atoms with E-state index in [9.17, 15) is 18.0 Å². The van der Waals surface area contributed by atoms with Gasteiger partial charge in [-0.2, -0.15) is 8.42 Å². The number of carbonyl (C=O) groups excluding carboxylic acids is 2. The van der Waals surface area contributed by atoms with Gasteiger partial charge in [0, 0.05) is 25.2 Å². The SMILES string of the molecule is O=C(OCC(=O)N1CCCc2ccccc21)c1ccc2c(c1)S(=O)(=O)N=C1CCCCCN12. The average Bonchev–Trinajstić information content (AvgIpc) is 3.06. The van der Waals surface area contributed by atoms with Gasteiger partial charge in [0.2, 0.25) is 0 Å². The Labute approximate surface area is 192 Å². The van der Waals surface area contributed by atoms with E-state index in [1.807, 2.05) is 29.2 Å². The van der Waals surface area contributed by atoms with Gasteiger partial charge >= 0.3 is 5.97 Å². The van der Waals surface area contributed by atoms with Gasteiger partial charge in [-0.1, -0.05) is 24.6 Å². The first-order chi connectivity index (χ1) is 15.9. The van der Waals surface area contributed by atoms with Gasteiger partial charge in [0.05, 0.1) is 11.3 Å². The van der Waals surface area contributed by atoms with Crippen molar-refractivity contribution in [2.24, 2.45) is 4.40 Å². The standard InChI is InChI=1S/C24H25N3O5S/c28-23(27-14-6-8-17-7-3-4-9-19(17)27)16-32-24(29)18-11-12-20-21(15-18)33(30,31)25-22-10-2-1-5-13-26(20)22/h3-4,7,9,11-12,15H,1-2,5-6,8,10,13-14,16H2. The number of carbonyl (C=O) groups is 2. The van der Waals surface area contributed by atoms with E-state index in [1.54, 1.807) is 17.0 Å². The van der Waals surface area contributed by atoms with Crippen molar-refractivity contribution in [3.8, 4) is 0 Å². The summed E-state index contributed by atoms with van der Waals surface area (Å²) >= 11 is 0. The fourth-order valence-electron chi connectivity index (χ4n) is 4.69. The molecule has 0 radical (unpaired) electrons. The summed E-state index contributed by atoms with van der Waals surface area (Å²) in [4.78, 5) is 29.0. The first-order valence-corrected chi connectivity index (χ1v) is 12.7. The molecule has 5 rings (SSSR count). The normalized spacial score (nSPS) is 18.8. The molecule has 0 aromatic heterocycles. The van der Waals surface area contributed by atoms with Crippen LogP contribution in [0.15, 0.2) is 51.8 Å². The Morgan fingerprint density at radius 2 is 1.79 bits per heavy atom. The van der Waals surface area contributed by atoms with Crippen LogP contribution < -0.4 is 9.80 Å². The number of benzene rings is 2. The van der Waals surface area contributed by atoms with Crippen molar-refractivity contribution < 1.29 is 22.7 Å². The van der Waals surface area contributed by atoms with Crippen LogP contribution in [0.3, 0.4) is 0 Å². The maximum atomic E-state index is 12.8. The summed E-state index contributed by atoms with van der Waals surface area (Å²) in [6.45, 7) is 0.850. The van der Waals surface area contributed by atoms with E-state index < -0.39 is 22.6 Å². The van der Waals surface area contributed by atoms with E-state index in [4.69, 9.17) is 4.74 Å². The quantitative estimate of drug-likeness (QED) is 0.643. The predicted octanol–water partition coefficient (Wildman–Crippen LogP) is 3.30. The summed E-state index contributed by atoms with van der Waals surface area (Å²) < 4.78 is 34.8. The zero-order chi connectivity index (χ0) is 23.0. The lowest BCUT2D eigenvalue weighted by Crippen LogP contribution is -2.38. The number of amidine groups is 1. The van der Waals surface area contributed by atoms with Gasteiger partial charge in [0.15, 0.2) is 6.61 Å². The van der Waals surface area contributed by atoms with Crippen molar-refractivity contribution in [1.82, 2.24) is 0 Å². The molecular formula is C24H25N3O5S. The number of sulfonamides is 1. The number of rotatable bonds is 3. The van der Waals surface area contributed by atoms with Gasteiger partial charge in [-0.15, -0.1) is 4.40 Å². The number of amides is 1. The number of hydrogen-bond acceptors (Lipinski definition) is 6. The van der Waals surface area contributed by atoms with Gasteiger partial charge in [-0.3, -0.25) is 4.79 Å². The number of anilines is 2. The number of fused-ring (bicyclic) bond motifs is 4. The van der Waals surface area contributed by atoms with Crippen LogP contribution in [0.1, 0.15) is 48.0 Å². The van der Waals surface area contributed by atoms with Crippen LogP contribution in [0, 0.1) is 0 Å². The third-order valence-electron chi connectivity index (χ3n) is 6.32. The molecule has 1 saturated heterocycles. The van der Waals surface area contributed by atoms with Crippen molar-refractivity contribution in [3.63, 3.8) is 0 Å². The summed E-state index contributed by atoms with van der Waals surface area (Å²) in [6, 6.07) is 12.2. The van der Waals surface area contributed by atoms with E-state index in [0.29, 0.717) is 31.0 Å². The number of para-hydroxylation sites is 1. The number of ether oxygens (including phenoxy) is 1. The third-order valence-corrected chi connectivity index (χ3v) is 7.66. The molecule has 1 amide bonds. The fraction of sp³-hybridized carbons (Fsp3) is 0.375. The molecule has 33 heavy (non-hydrogen) atoms. The minimum Gasteiger partial charge on any atom is -0.452 e. The van der Waals surface area contributed by atoms with E-state index in [1.165, 1.54) is 6.07 Å². The Kier molecular flexibility index (Phi) is 5.65. The summed E-state index contributed by atoms with van der Waals surface area (Å²) in [5.74, 6) is -0.486. The summed E-state index contributed by atoms with van der Waals surface area (Å²) in [5, 5.41) is 0. The maximum Gasteiger partial charge on any atom is 0.338 e. The highest BCUT2D eigenvalue weighted by molar-refractivity contribution is 7.90. The molecule has 2 aromatic carbocycles. The van der Waals surface area contributed by atoms with Crippen molar-refractivity contribution in [2.75, 3.05) is 29.5 Å². The van der Waals surface area contributed by atoms with Crippen LogP contribution in [-0.2, 0) is 26.0 Å². The van der Waals surface area contributed by atoms with Crippen molar-refractivity contribution in [2.45, 2.75) is 43.4 Å². The van der Waals surface area contributed by atoms with Crippen LogP contribution in [-0.4, -0.2) is 45.8 Å². The van der Waals surface area contributed by atoms with Gasteiger partial charge in [0.25, 0.3) is 15.9 Å². The average molecular weight is 468 g/mol. The molecule has 0 saturated carbocycles. The van der Waals surface area contributed by atoms with Gasteiger partial charge in [-0.05, 0) is 55.5 Å². The monoisotopic (exact) mass is 467 g/mol. The Bertz CT molecular complexity index is 1250. The molecule has 172 valence electrons. The molecule has 0 N–H and O–H groups in total. The highest BCUT2D eigenvalue weighted by Crippen LogP contribution is 2.35. The van der Waals surface area contributed by atoms with Crippen LogP contribution in [0.4, 0.5) is 11.4 Å². The second-order valence-corrected chi connectivity index (χ2v) is 10.1. The summed E-state index contributed by atoms with van der Waals surface area (Å²) in [6.07, 6.45) is 5.24. The third kappa shape index (κ3) is 4.13. The molecule has 1 fully saturated rings. The van der Waals surface area contributed by atoms with Crippen LogP contribution in [0.5, 0.6) is 0 Å². The van der Waals surface area contributed by atoms with E-state index in [-0.39, 0.29) is 16.4 Å². The van der Waals surface area contributed by atoms with Crippen molar-refractivity contribution in [1.29, 1.82) is 0 Å². The van der Waals surface area contributed by atoms with Gasteiger partial charge < -0.3 is 14.5 Å². The Morgan fingerprint density at radius 1 is 0.939 bits per heavy atom. The molecule has 3 aliphatic rings. The largest absolute Gasteiger partial charge is 0.452 e. The highest BCUT2D eigenvalue weighted by atomic mass is 32.2. The minimum absolute atomic E-state index is 0.00103. The fourth-order valence-corrected chi connectivity index (χ4v) is 5.97. The van der Waals surface area contributed by atoms with Crippen molar-refractivity contribution in [3.05, 3.63) is 53.6 Å². The molecule has 0 bridgehead atoms. The minimum atomic E-state index is -3.90. The number of aryl methyl sites for hydroxylation is 1. The molecule has 3 heterocycles. The van der Waals surface area contributed by atoms with Gasteiger partial charge in [-0.25, -0.2) is 4.79 Å². The molecule has 3 aliphatic heterocycles. The predicted molar refractivity (Wildman–Crippen MR) is 124 cm³/mol. The van der Waals surface area contributed by atoms with Crippen LogP contribution >= 0.6 is 0 Å². The molecule has 9 heteroatoms. The second-order valence-electron chi connectivity index (χ2n) is 8.48. The Hall–Kier alpha value is -3.20. The molecule has 0 atom stereocenters. The lowest BCUT2D eigenvalue weighted by molar-refractivity contribution is -0.121. The number of esters is 1. The second kappa shape index (κ2) is 8.62. The van der Waals surface area contributed by atoms with Crippen molar-refractivity contribution >= 4 is 39.1 Å². The Balaban J connectivity index is 1.33. The summed E-state index contributed by atoms with van der Waals surface area (Å²) in [5.41, 5.74) is 2.56. The lowest BCUT2D eigenvalue weighted by Gasteiger charge is -2.30. The molecule has 0 aliphatic carbocycles. The number of hydrogen-bond donors (Lipinski definition) is 0. The maximum absolute atomic E-state index is 12.8. The van der Waals surface area contributed by atoms with E-state index in [0.717, 1.165) is 43.4 Å². The highest BCUT2D eigenvalue weighted by Gasteiger charge is 2.32. The molecular weight excluding hydrogens is 442 g/mol. The zero-order valence-electron chi connectivity index (χ0n) is 18.2. The van der Waals surface area contributed by atoms with Gasteiger partial charge in [0.1, 0.15) is 10.7 Å². The first kappa shape index (κ1) is 21.6. The molecule has 2 aromatic rings. The first-order valence-electron chi connectivity index (χ1n) is 11.2. The molecule has 8 nitrogen and oxygen atoms in total. The van der Waals surface area contributed by atoms with E-state index >= 15 is 0 Å². The summed E-state index contributed by atoms with van der Waals surface area (Å²) in [7, 11) is -3.90. The van der Waals surface area contributed by atoms with E-state index in [2.05, 4.69) is 4.40 Å². The smallest absolute Gasteiger partial charge is 0.338 e. The zero-order valence-corrected chi connectivity index (χ0v) is 19.0. The number of nitrogens with zero attached hydrogens (tertiary/aromatic N) is 3. The van der Waals surface area contributed by atoms with Crippen LogP contribution in [0.25, 0.3) is 0 Å². The molecule has 0 unspecified atom stereocenters. The Morgan fingerprint density at radius 3 is 2.67 bits per heavy atom. The van der Waals surface area contributed by atoms with Crippen LogP contribution in [0.2, 0.25) is 0 Å². The molecule has 0 spiro atoms.